The van der Waals surface area contributed by atoms with E-state index in [1.54, 1.807) is 30.2 Å². The average molecular weight is 511 g/mol. The molecule has 1 aliphatic heterocycles. The number of fused-ring (bicyclic) bond motifs is 2. The molecule has 0 bridgehead atoms. The molecule has 2 saturated carbocycles. The number of nitrogens with one attached hydrogen (secondary N) is 1. The van der Waals surface area contributed by atoms with Crippen molar-refractivity contribution in [2.75, 3.05) is 11.5 Å². The van der Waals surface area contributed by atoms with Gasteiger partial charge in [0, 0.05) is 30.4 Å². The molecule has 2 fully saturated rings. The summed E-state index contributed by atoms with van der Waals surface area (Å²) in [6.45, 7) is 4.00. The van der Waals surface area contributed by atoms with Crippen LogP contribution in [0.15, 0.2) is 29.3 Å². The summed E-state index contributed by atoms with van der Waals surface area (Å²) in [5.74, 6) is 0.327. The summed E-state index contributed by atoms with van der Waals surface area (Å²) in [6, 6.07) is 5.46. The van der Waals surface area contributed by atoms with Crippen molar-refractivity contribution < 1.29 is 18.3 Å². The lowest BCUT2D eigenvalue weighted by molar-refractivity contribution is 0.0694. The van der Waals surface area contributed by atoms with Crippen LogP contribution in [0.3, 0.4) is 0 Å². The SMILES string of the molecule is CCS(=O)(=O)c1cc(-c2ccn3nc(N)c(C(O)NC4CC4)c3n2)cc2c1C(=O)N([C@@H](C)C1CC1)C2. The van der Waals surface area contributed by atoms with Crippen LogP contribution in [0.2, 0.25) is 0 Å². The number of carbonyl (C=O) groups is 1. The summed E-state index contributed by atoms with van der Waals surface area (Å²) in [4.78, 5) is 20.0. The van der Waals surface area contributed by atoms with Crippen molar-refractivity contribution in [3.8, 4) is 11.3 Å². The van der Waals surface area contributed by atoms with E-state index in [1.807, 2.05) is 13.0 Å². The largest absolute Gasteiger partial charge is 0.382 e. The van der Waals surface area contributed by atoms with Crippen LogP contribution >= 0.6 is 0 Å². The summed E-state index contributed by atoms with van der Waals surface area (Å²) in [5, 5.41) is 18.1. The Bertz CT molecular complexity index is 1490. The highest BCUT2D eigenvalue weighted by Gasteiger charge is 2.41. The minimum Gasteiger partial charge on any atom is -0.382 e. The first-order chi connectivity index (χ1) is 17.2. The van der Waals surface area contributed by atoms with Gasteiger partial charge in [0.15, 0.2) is 21.3 Å². The minimum absolute atomic E-state index is 0.0540. The average Bonchev–Trinajstić information content (AvgIpc) is 3.78. The zero-order chi connectivity index (χ0) is 25.4. The maximum atomic E-state index is 13.4. The van der Waals surface area contributed by atoms with E-state index in [0.717, 1.165) is 25.7 Å². The number of sulfone groups is 1. The fraction of sp³-hybridized carbons (Fsp3) is 0.480. The molecule has 11 heteroatoms. The molecule has 0 radical (unpaired) electrons. The Morgan fingerprint density at radius 3 is 2.67 bits per heavy atom. The molecule has 3 aromatic rings. The maximum absolute atomic E-state index is 13.4. The second kappa shape index (κ2) is 8.25. The third-order valence-corrected chi connectivity index (χ3v) is 9.35. The lowest BCUT2D eigenvalue weighted by atomic mass is 10.0. The van der Waals surface area contributed by atoms with E-state index in [-0.39, 0.29) is 40.0 Å². The second-order valence-corrected chi connectivity index (χ2v) is 12.4. The number of benzene rings is 1. The Hall–Kier alpha value is -3.02. The van der Waals surface area contributed by atoms with Gasteiger partial charge in [0.25, 0.3) is 5.91 Å². The number of nitrogens with two attached hydrogens (primary N) is 1. The number of aliphatic hydroxyl groups excluding tert-OH is 1. The summed E-state index contributed by atoms with van der Waals surface area (Å²) in [7, 11) is -3.67. The van der Waals surface area contributed by atoms with Gasteiger partial charge in [0.2, 0.25) is 0 Å². The van der Waals surface area contributed by atoms with Crippen LogP contribution in [0, 0.1) is 5.92 Å². The van der Waals surface area contributed by atoms with Crippen LogP contribution in [0.4, 0.5) is 5.82 Å². The molecule has 4 N–H and O–H groups in total. The Morgan fingerprint density at radius 2 is 2.00 bits per heavy atom. The van der Waals surface area contributed by atoms with E-state index >= 15 is 0 Å². The van der Waals surface area contributed by atoms with Crippen molar-refractivity contribution in [2.45, 2.75) is 69.3 Å². The highest BCUT2D eigenvalue weighted by molar-refractivity contribution is 7.91. The van der Waals surface area contributed by atoms with Crippen molar-refractivity contribution in [1.29, 1.82) is 0 Å². The first kappa shape index (κ1) is 23.4. The zero-order valence-corrected chi connectivity index (χ0v) is 21.1. The van der Waals surface area contributed by atoms with Crippen molar-refractivity contribution in [3.05, 3.63) is 41.1 Å². The molecule has 3 aliphatic rings. The molecule has 1 amide bonds. The molecule has 3 heterocycles. The number of hydrogen-bond donors (Lipinski definition) is 3. The highest BCUT2D eigenvalue weighted by Crippen LogP contribution is 2.41. The quantitative estimate of drug-likeness (QED) is 0.392. The fourth-order valence-corrected chi connectivity index (χ4v) is 6.24. The second-order valence-electron chi connectivity index (χ2n) is 10.1. The van der Waals surface area contributed by atoms with Gasteiger partial charge in [-0.25, -0.2) is 17.9 Å². The predicted molar refractivity (Wildman–Crippen MR) is 134 cm³/mol. The molecule has 2 aromatic heterocycles. The molecule has 0 saturated heterocycles. The van der Waals surface area contributed by atoms with E-state index in [0.29, 0.717) is 40.5 Å². The third-order valence-electron chi connectivity index (χ3n) is 7.60. The first-order valence-corrected chi connectivity index (χ1v) is 14.1. The number of nitrogen functional groups attached to an aromatic ring is 1. The third kappa shape index (κ3) is 3.86. The number of anilines is 1. The van der Waals surface area contributed by atoms with Crippen LogP contribution in [-0.2, 0) is 16.4 Å². The van der Waals surface area contributed by atoms with Crippen molar-refractivity contribution in [3.63, 3.8) is 0 Å². The molecule has 2 atom stereocenters. The van der Waals surface area contributed by atoms with Gasteiger partial charge in [-0.05, 0) is 62.3 Å². The number of rotatable bonds is 8. The number of nitrogens with zero attached hydrogens (tertiary/aromatic N) is 4. The molecule has 1 aromatic carbocycles. The van der Waals surface area contributed by atoms with Crippen LogP contribution in [0.25, 0.3) is 16.9 Å². The Labute approximate surface area is 209 Å². The van der Waals surface area contributed by atoms with Gasteiger partial charge in [0.05, 0.1) is 27.5 Å². The smallest absolute Gasteiger partial charge is 0.256 e. The van der Waals surface area contributed by atoms with Crippen molar-refractivity contribution in [2.24, 2.45) is 5.92 Å². The molecule has 1 unspecified atom stereocenters. The number of amides is 1. The highest BCUT2D eigenvalue weighted by atomic mass is 32.2. The number of aliphatic hydroxyl groups is 1. The summed E-state index contributed by atoms with van der Waals surface area (Å²) in [6.07, 6.45) is 4.85. The molecule has 6 rings (SSSR count). The number of hydrogen-bond acceptors (Lipinski definition) is 8. The van der Waals surface area contributed by atoms with Gasteiger partial charge in [-0.3, -0.25) is 10.1 Å². The van der Waals surface area contributed by atoms with E-state index in [9.17, 15) is 18.3 Å². The van der Waals surface area contributed by atoms with Crippen LogP contribution in [-0.4, -0.2) is 56.8 Å². The van der Waals surface area contributed by atoms with Gasteiger partial charge in [-0.15, -0.1) is 5.10 Å². The van der Waals surface area contributed by atoms with E-state index in [1.165, 1.54) is 4.52 Å². The zero-order valence-electron chi connectivity index (χ0n) is 20.3. The van der Waals surface area contributed by atoms with E-state index in [2.05, 4.69) is 10.4 Å². The first-order valence-electron chi connectivity index (χ1n) is 12.5. The van der Waals surface area contributed by atoms with Crippen LogP contribution in [0.5, 0.6) is 0 Å². The molecule has 10 nitrogen and oxygen atoms in total. The van der Waals surface area contributed by atoms with Gasteiger partial charge in [-0.1, -0.05) is 6.92 Å². The molecular weight excluding hydrogens is 480 g/mol. The molecule has 190 valence electrons. The molecule has 0 spiro atoms. The van der Waals surface area contributed by atoms with Gasteiger partial charge in [-0.2, -0.15) is 0 Å². The summed E-state index contributed by atoms with van der Waals surface area (Å²) in [5.41, 5.74) is 8.98. The van der Waals surface area contributed by atoms with E-state index in [4.69, 9.17) is 10.7 Å². The fourth-order valence-electron chi connectivity index (χ4n) is 5.09. The lowest BCUT2D eigenvalue weighted by Gasteiger charge is -2.24. The maximum Gasteiger partial charge on any atom is 0.256 e. The Balaban J connectivity index is 1.46. The van der Waals surface area contributed by atoms with Crippen molar-refractivity contribution >= 4 is 27.2 Å². The van der Waals surface area contributed by atoms with Crippen molar-refractivity contribution in [1.82, 2.24) is 24.8 Å². The van der Waals surface area contributed by atoms with Gasteiger partial charge >= 0.3 is 0 Å². The number of carbonyl (C=O) groups excluding carboxylic acids is 1. The van der Waals surface area contributed by atoms with Crippen LogP contribution in [0.1, 0.15) is 67.2 Å². The van der Waals surface area contributed by atoms with Gasteiger partial charge in [0.1, 0.15) is 6.23 Å². The normalized spacial score (nSPS) is 19.6. The Kier molecular flexibility index (Phi) is 5.36. The van der Waals surface area contributed by atoms with E-state index < -0.39 is 16.1 Å². The topological polar surface area (TPSA) is 143 Å². The molecule has 36 heavy (non-hydrogen) atoms. The predicted octanol–water partition coefficient (Wildman–Crippen LogP) is 2.27. The Morgan fingerprint density at radius 1 is 1.25 bits per heavy atom. The standard InChI is InChI=1S/C25H30N6O4S/c1-3-36(34,35)19-11-15(10-16-12-30(25(33)20(16)19)13(2)14-4-5-14)18-8-9-31-23(28-18)21(22(26)29-31)24(32)27-17-6-7-17/h8-11,13-14,17,24,27,32H,3-7,12H2,1-2H3,(H2,26,29)/t13-,24?/m0/s1. The summed E-state index contributed by atoms with van der Waals surface area (Å²) < 4.78 is 27.7. The molecule has 2 aliphatic carbocycles. The summed E-state index contributed by atoms with van der Waals surface area (Å²) >= 11 is 0. The van der Waals surface area contributed by atoms with Gasteiger partial charge < -0.3 is 15.7 Å². The van der Waals surface area contributed by atoms with Crippen LogP contribution < -0.4 is 11.1 Å². The number of aromatic nitrogens is 3. The monoisotopic (exact) mass is 510 g/mol. The molecular formula is C25H30N6O4S. The minimum atomic E-state index is -3.67. The lowest BCUT2D eigenvalue weighted by Crippen LogP contribution is -2.35.